The maximum absolute atomic E-state index is 11.3. The van der Waals surface area contributed by atoms with Gasteiger partial charge in [-0.2, -0.15) is 0 Å². The zero-order valence-electron chi connectivity index (χ0n) is 12.0. The number of rotatable bonds is 7. The lowest BCUT2D eigenvalue weighted by atomic mass is 10.2. The second-order valence-electron chi connectivity index (χ2n) is 5.24. The lowest BCUT2D eigenvalue weighted by Gasteiger charge is -2.19. The van der Waals surface area contributed by atoms with Crippen molar-refractivity contribution in [3.05, 3.63) is 0 Å². The predicted molar refractivity (Wildman–Crippen MR) is 71.4 cm³/mol. The monoisotopic (exact) mass is 258 g/mol. The number of unbranched alkanes of at least 4 members (excludes halogenated alkanes) is 1. The Morgan fingerprint density at radius 3 is 2.22 bits per heavy atom. The summed E-state index contributed by atoms with van der Waals surface area (Å²) in [6.07, 6.45) is 2.69. The van der Waals surface area contributed by atoms with Gasteiger partial charge in [-0.1, -0.05) is 13.3 Å². The Morgan fingerprint density at radius 2 is 1.67 bits per heavy atom. The van der Waals surface area contributed by atoms with Crippen LogP contribution < -0.4 is 10.6 Å². The molecule has 5 heteroatoms. The number of alkyl carbamates (subject to hydrolysis) is 1. The molecule has 2 N–H and O–H groups in total. The van der Waals surface area contributed by atoms with Crippen LogP contribution in [0, 0.1) is 0 Å². The van der Waals surface area contributed by atoms with Crippen molar-refractivity contribution in [3.63, 3.8) is 0 Å². The van der Waals surface area contributed by atoms with Crippen molar-refractivity contribution < 1.29 is 14.3 Å². The van der Waals surface area contributed by atoms with Gasteiger partial charge in [0.25, 0.3) is 0 Å². The highest BCUT2D eigenvalue weighted by Crippen LogP contribution is 2.06. The lowest BCUT2D eigenvalue weighted by Crippen LogP contribution is -2.33. The van der Waals surface area contributed by atoms with E-state index in [9.17, 15) is 9.59 Å². The maximum Gasteiger partial charge on any atom is 0.407 e. The van der Waals surface area contributed by atoms with Crippen molar-refractivity contribution in [2.75, 3.05) is 13.1 Å². The molecule has 0 aliphatic carbocycles. The molecule has 5 nitrogen and oxygen atoms in total. The highest BCUT2D eigenvalue weighted by atomic mass is 16.6. The van der Waals surface area contributed by atoms with Crippen LogP contribution in [0.2, 0.25) is 0 Å². The van der Waals surface area contributed by atoms with E-state index in [1.54, 1.807) is 0 Å². The van der Waals surface area contributed by atoms with Crippen LogP contribution in [0.1, 0.15) is 53.4 Å². The summed E-state index contributed by atoms with van der Waals surface area (Å²) in [4.78, 5) is 22.6. The van der Waals surface area contributed by atoms with E-state index >= 15 is 0 Å². The average molecular weight is 258 g/mol. The SMILES string of the molecule is CCCCNC(=O)CCCNC(=O)OC(C)(C)C. The van der Waals surface area contributed by atoms with Gasteiger partial charge in [-0.05, 0) is 33.6 Å². The summed E-state index contributed by atoms with van der Waals surface area (Å²) in [5.41, 5.74) is -0.485. The Labute approximate surface area is 110 Å². The fourth-order valence-electron chi connectivity index (χ4n) is 1.25. The van der Waals surface area contributed by atoms with E-state index in [0.717, 1.165) is 19.4 Å². The fraction of sp³-hybridized carbons (Fsp3) is 0.846. The van der Waals surface area contributed by atoms with Gasteiger partial charge in [-0.25, -0.2) is 4.79 Å². The summed E-state index contributed by atoms with van der Waals surface area (Å²) < 4.78 is 5.07. The summed E-state index contributed by atoms with van der Waals surface area (Å²) in [5.74, 6) is 0.0365. The molecule has 0 aromatic heterocycles. The molecule has 0 saturated carbocycles. The van der Waals surface area contributed by atoms with Gasteiger partial charge in [-0.15, -0.1) is 0 Å². The number of hydrogen-bond acceptors (Lipinski definition) is 3. The summed E-state index contributed by atoms with van der Waals surface area (Å²) in [5, 5.41) is 5.45. The smallest absolute Gasteiger partial charge is 0.407 e. The van der Waals surface area contributed by atoms with Gasteiger partial charge in [0.2, 0.25) is 5.91 Å². The molecule has 0 aliphatic rings. The van der Waals surface area contributed by atoms with Gasteiger partial charge in [0.15, 0.2) is 0 Å². The van der Waals surface area contributed by atoms with Crippen molar-refractivity contribution in [1.29, 1.82) is 0 Å². The van der Waals surface area contributed by atoms with E-state index in [0.29, 0.717) is 19.4 Å². The third-order valence-corrected chi connectivity index (χ3v) is 2.10. The number of amides is 2. The largest absolute Gasteiger partial charge is 0.444 e. The molecule has 0 unspecified atom stereocenters. The zero-order chi connectivity index (χ0) is 14.0. The minimum Gasteiger partial charge on any atom is -0.444 e. The van der Waals surface area contributed by atoms with E-state index in [1.807, 2.05) is 20.8 Å². The van der Waals surface area contributed by atoms with E-state index in [-0.39, 0.29) is 5.91 Å². The molecular weight excluding hydrogens is 232 g/mol. The van der Waals surface area contributed by atoms with Gasteiger partial charge in [0, 0.05) is 19.5 Å². The van der Waals surface area contributed by atoms with Crippen LogP contribution in [0.15, 0.2) is 0 Å². The third-order valence-electron chi connectivity index (χ3n) is 2.10. The summed E-state index contributed by atoms with van der Waals surface area (Å²) in [6.45, 7) is 8.71. The second-order valence-corrected chi connectivity index (χ2v) is 5.24. The Balaban J connectivity index is 3.50. The minimum atomic E-state index is -0.485. The van der Waals surface area contributed by atoms with Gasteiger partial charge in [0.05, 0.1) is 0 Å². The fourth-order valence-corrected chi connectivity index (χ4v) is 1.25. The number of carbonyl (C=O) groups is 2. The zero-order valence-corrected chi connectivity index (χ0v) is 12.0. The van der Waals surface area contributed by atoms with Crippen LogP contribution in [0.4, 0.5) is 4.79 Å². The number of ether oxygens (including phenoxy) is 1. The van der Waals surface area contributed by atoms with Crippen LogP contribution in [0.3, 0.4) is 0 Å². The molecule has 18 heavy (non-hydrogen) atoms. The third kappa shape index (κ3) is 11.2. The van der Waals surface area contributed by atoms with Crippen LogP contribution in [-0.2, 0) is 9.53 Å². The first-order chi connectivity index (χ1) is 8.35. The van der Waals surface area contributed by atoms with E-state index < -0.39 is 11.7 Å². The van der Waals surface area contributed by atoms with E-state index in [4.69, 9.17) is 4.74 Å². The van der Waals surface area contributed by atoms with E-state index in [2.05, 4.69) is 17.6 Å². The van der Waals surface area contributed by atoms with Crippen LogP contribution >= 0.6 is 0 Å². The Bertz CT molecular complexity index is 259. The Hall–Kier alpha value is -1.26. The Kier molecular flexibility index (Phi) is 8.16. The van der Waals surface area contributed by atoms with Crippen molar-refractivity contribution in [2.45, 2.75) is 59.0 Å². The first kappa shape index (κ1) is 16.7. The molecule has 0 heterocycles. The minimum absolute atomic E-state index is 0.0365. The van der Waals surface area contributed by atoms with Crippen molar-refractivity contribution in [2.24, 2.45) is 0 Å². The molecule has 106 valence electrons. The van der Waals surface area contributed by atoms with E-state index in [1.165, 1.54) is 0 Å². The van der Waals surface area contributed by atoms with Crippen LogP contribution in [0.5, 0.6) is 0 Å². The molecular formula is C13H26N2O3. The molecule has 0 aromatic carbocycles. The summed E-state index contributed by atoms with van der Waals surface area (Å²) >= 11 is 0. The molecule has 0 aliphatic heterocycles. The summed E-state index contributed by atoms with van der Waals surface area (Å²) in [6, 6.07) is 0. The highest BCUT2D eigenvalue weighted by Gasteiger charge is 2.15. The Morgan fingerprint density at radius 1 is 1.06 bits per heavy atom. The molecule has 0 radical (unpaired) electrons. The van der Waals surface area contributed by atoms with Gasteiger partial charge in [-0.3, -0.25) is 4.79 Å². The molecule has 0 rings (SSSR count). The standard InChI is InChI=1S/C13H26N2O3/c1-5-6-9-14-11(16)8-7-10-15-12(17)18-13(2,3)4/h5-10H2,1-4H3,(H,14,16)(H,15,17). The second kappa shape index (κ2) is 8.78. The molecule has 0 saturated heterocycles. The van der Waals surface area contributed by atoms with Crippen molar-refractivity contribution >= 4 is 12.0 Å². The van der Waals surface area contributed by atoms with Crippen LogP contribution in [0.25, 0.3) is 0 Å². The average Bonchev–Trinajstić information content (AvgIpc) is 2.22. The molecule has 2 amide bonds. The van der Waals surface area contributed by atoms with Crippen LogP contribution in [-0.4, -0.2) is 30.7 Å². The van der Waals surface area contributed by atoms with Crippen molar-refractivity contribution in [1.82, 2.24) is 10.6 Å². The first-order valence-corrected chi connectivity index (χ1v) is 6.58. The number of nitrogens with one attached hydrogen (secondary N) is 2. The maximum atomic E-state index is 11.3. The number of carbonyl (C=O) groups excluding carboxylic acids is 2. The molecule has 0 spiro atoms. The first-order valence-electron chi connectivity index (χ1n) is 6.58. The lowest BCUT2D eigenvalue weighted by molar-refractivity contribution is -0.121. The van der Waals surface area contributed by atoms with Gasteiger partial charge < -0.3 is 15.4 Å². The predicted octanol–water partition coefficient (Wildman–Crippen LogP) is 2.21. The molecule has 0 aromatic rings. The van der Waals surface area contributed by atoms with Crippen molar-refractivity contribution in [3.8, 4) is 0 Å². The highest BCUT2D eigenvalue weighted by molar-refractivity contribution is 5.75. The molecule has 0 fully saturated rings. The summed E-state index contributed by atoms with van der Waals surface area (Å²) in [7, 11) is 0. The van der Waals surface area contributed by atoms with Gasteiger partial charge in [0.1, 0.15) is 5.60 Å². The number of hydrogen-bond donors (Lipinski definition) is 2. The molecule has 0 bridgehead atoms. The normalized spacial score (nSPS) is 10.9. The van der Waals surface area contributed by atoms with Gasteiger partial charge >= 0.3 is 6.09 Å². The molecule has 0 atom stereocenters. The topological polar surface area (TPSA) is 67.4 Å². The quantitative estimate of drug-likeness (QED) is 0.688.